The van der Waals surface area contributed by atoms with Gasteiger partial charge in [-0.2, -0.15) is 4.79 Å². The molecule has 0 aliphatic carbocycles. The Labute approximate surface area is 104 Å². The van der Waals surface area contributed by atoms with Gasteiger partial charge in [-0.3, -0.25) is 0 Å². The third-order valence-corrected chi connectivity index (χ3v) is 3.48. The van der Waals surface area contributed by atoms with E-state index in [1.54, 1.807) is 5.66 Å². The van der Waals surface area contributed by atoms with E-state index < -0.39 is 7.55 Å². The van der Waals surface area contributed by atoms with Crippen LogP contribution in [0.5, 0.6) is 0 Å². The largest absolute Gasteiger partial charge is 0.337 e. The van der Waals surface area contributed by atoms with Gasteiger partial charge in [0, 0.05) is 23.1 Å². The molecule has 0 spiro atoms. The van der Waals surface area contributed by atoms with Crippen LogP contribution in [-0.4, -0.2) is 29.6 Å². The molecule has 0 aromatic carbocycles. The van der Waals surface area contributed by atoms with E-state index in [-0.39, 0.29) is 28.0 Å². The minimum atomic E-state index is -1.50. The van der Waals surface area contributed by atoms with Crippen molar-refractivity contribution in [2.45, 2.75) is 13.3 Å². The second kappa shape index (κ2) is 10.3. The van der Waals surface area contributed by atoms with Crippen molar-refractivity contribution in [1.29, 1.82) is 0 Å². The predicted molar refractivity (Wildman–Crippen MR) is 56.4 cm³/mol. The smallest absolute Gasteiger partial charge is 0.233 e. The Bertz CT molecular complexity index is 443. The van der Waals surface area contributed by atoms with E-state index in [1.807, 2.05) is 6.92 Å². The monoisotopic (exact) mass is 279 g/mol. The van der Waals surface area contributed by atoms with Crippen molar-refractivity contribution in [3.63, 3.8) is 0 Å². The summed E-state index contributed by atoms with van der Waals surface area (Å²) < 4.78 is 0. The zero-order valence-electron chi connectivity index (χ0n) is 8.43. The maximum atomic E-state index is 10.6. The quantitative estimate of drug-likeness (QED) is 0.323. The van der Waals surface area contributed by atoms with Crippen molar-refractivity contribution in [3.05, 3.63) is 17.0 Å². The van der Waals surface area contributed by atoms with Crippen LogP contribution >= 0.6 is 7.55 Å². The molecule has 0 saturated heterocycles. The Morgan fingerprint density at radius 1 is 1.19 bits per heavy atom. The van der Waals surface area contributed by atoms with Crippen LogP contribution in [0.25, 0.3) is 0 Å². The van der Waals surface area contributed by atoms with Gasteiger partial charge in [0.2, 0.25) is 7.55 Å². The van der Waals surface area contributed by atoms with Gasteiger partial charge in [-0.15, -0.1) is 0 Å². The van der Waals surface area contributed by atoms with Crippen LogP contribution in [-0.2, 0) is 36.2 Å². The summed E-state index contributed by atoms with van der Waals surface area (Å²) in [6.45, 7) is 1.83. The van der Waals surface area contributed by atoms with Crippen molar-refractivity contribution in [3.8, 4) is 0 Å². The second-order valence-electron chi connectivity index (χ2n) is 2.47. The van der Waals surface area contributed by atoms with E-state index in [2.05, 4.69) is 0 Å². The van der Waals surface area contributed by atoms with Gasteiger partial charge in [-0.1, -0.05) is 6.92 Å². The molecule has 0 heterocycles. The zero-order chi connectivity index (χ0) is 11.7. The summed E-state index contributed by atoms with van der Waals surface area (Å²) in [5.74, 6) is 4.27. The molecule has 0 fully saturated rings. The van der Waals surface area contributed by atoms with E-state index in [1.165, 1.54) is 17.8 Å². The summed E-state index contributed by atoms with van der Waals surface area (Å²) in [5.41, 5.74) is 1.43. The number of hydrogen-bond donors (Lipinski definition) is 0. The van der Waals surface area contributed by atoms with Gasteiger partial charge in [0.05, 0.1) is 0 Å². The molecule has 0 aromatic heterocycles. The number of allylic oxidation sites excluding steroid dienone is 3. The van der Waals surface area contributed by atoms with E-state index in [4.69, 9.17) is 0 Å². The molecular weight excluding hydrogens is 271 g/mol. The van der Waals surface area contributed by atoms with Gasteiger partial charge >= 0.3 is 5.66 Å². The van der Waals surface area contributed by atoms with Crippen LogP contribution in [0.15, 0.2) is 17.0 Å². The van der Waals surface area contributed by atoms with Crippen LogP contribution < -0.4 is 0 Å². The average molecular weight is 279 g/mol. The molecule has 1 atom stereocenters. The molecule has 0 aliphatic heterocycles. The van der Waals surface area contributed by atoms with Crippen LogP contribution in [0.3, 0.4) is 0 Å². The molecule has 0 saturated carbocycles. The first-order valence-corrected chi connectivity index (χ1v) is 5.64. The van der Waals surface area contributed by atoms with Gasteiger partial charge in [-0.25, -0.2) is 14.4 Å². The molecule has 0 aliphatic rings. The summed E-state index contributed by atoms with van der Waals surface area (Å²) in [7, 11) is -1.50. The van der Waals surface area contributed by atoms with Crippen LogP contribution in [0.1, 0.15) is 13.3 Å². The van der Waals surface area contributed by atoms with Crippen molar-refractivity contribution in [2.75, 3.05) is 6.16 Å². The summed E-state index contributed by atoms with van der Waals surface area (Å²) >= 11 is 0. The molecule has 84 valence electrons. The molecule has 0 rings (SSSR count). The van der Waals surface area contributed by atoms with Crippen molar-refractivity contribution in [1.82, 2.24) is 0 Å². The fourth-order valence-corrected chi connectivity index (χ4v) is 2.25. The fraction of sp³-hybridized carbons (Fsp3) is 0.300. The Morgan fingerprint density at radius 2 is 1.81 bits per heavy atom. The van der Waals surface area contributed by atoms with Crippen LogP contribution in [0, 0.1) is 0 Å². The number of hydrogen-bond acceptors (Lipinski definition) is 4. The van der Waals surface area contributed by atoms with Crippen LogP contribution in [0.4, 0.5) is 0 Å². The van der Waals surface area contributed by atoms with Gasteiger partial charge in [0.1, 0.15) is 23.6 Å². The van der Waals surface area contributed by atoms with Gasteiger partial charge in [0.15, 0.2) is 5.94 Å². The molecule has 4 nitrogen and oxygen atoms in total. The molecule has 16 heavy (non-hydrogen) atoms. The molecule has 0 radical (unpaired) electrons. The van der Waals surface area contributed by atoms with Gasteiger partial charge in [-0.05, 0) is 6.42 Å². The molecule has 1 unspecified atom stereocenters. The Balaban J connectivity index is 0. The molecule has 6 heteroatoms. The molecule has 0 aromatic rings. The van der Waals surface area contributed by atoms with Gasteiger partial charge in [0.25, 0.3) is 5.31 Å². The summed E-state index contributed by atoms with van der Waals surface area (Å²) in [6.07, 6.45) is 1.87. The zero-order valence-corrected chi connectivity index (χ0v) is 10.4. The number of carbonyl (C=O) groups excluding carboxylic acids is 4. The summed E-state index contributed by atoms with van der Waals surface area (Å²) in [4.78, 5) is 41.6. The first-order chi connectivity index (χ1) is 7.24. The molecule has 0 N–H and O–H groups in total. The second-order valence-corrected chi connectivity index (χ2v) is 4.40. The predicted octanol–water partition coefficient (Wildman–Crippen LogP) is 0.804. The Kier molecular flexibility index (Phi) is 11.0. The van der Waals surface area contributed by atoms with E-state index in [0.29, 0.717) is 12.6 Å². The number of rotatable bonds is 5. The molecule has 0 bridgehead atoms. The third-order valence-electron chi connectivity index (χ3n) is 1.49. The Morgan fingerprint density at radius 3 is 2.12 bits per heavy atom. The van der Waals surface area contributed by atoms with E-state index >= 15 is 0 Å². The molecular formula is C10H8FeO4P+. The minimum Gasteiger partial charge on any atom is -0.233 e. The summed E-state index contributed by atoms with van der Waals surface area (Å²) in [6, 6.07) is 0. The average Bonchev–Trinajstić information content (AvgIpc) is 2.27. The Hall–Kier alpha value is -1.25. The standard InChI is InChI=1S/C10H8O4P.Fe/c1-2-5-15(8-14)10(7-13)9(6-12)3-4-11;/h3H,2,5H2,1H3;/q+1;. The van der Waals surface area contributed by atoms with Gasteiger partial charge < -0.3 is 0 Å². The van der Waals surface area contributed by atoms with Crippen molar-refractivity contribution in [2.24, 2.45) is 0 Å². The maximum absolute atomic E-state index is 10.6. The SMILES string of the molecule is CCC[P+](=C=O)C(=C=O)C(=C=O)C=C=O.[Fe]. The maximum Gasteiger partial charge on any atom is 0.337 e. The minimum absolute atomic E-state index is 0. The summed E-state index contributed by atoms with van der Waals surface area (Å²) in [5, 5.41) is -0.125. The van der Waals surface area contributed by atoms with Crippen molar-refractivity contribution >= 4 is 31.0 Å². The molecule has 0 amide bonds. The normalized spacial score (nSPS) is 8.19. The third kappa shape index (κ3) is 5.01. The first-order valence-electron chi connectivity index (χ1n) is 4.11. The fourth-order valence-electron chi connectivity index (χ4n) is 0.887. The van der Waals surface area contributed by atoms with Crippen molar-refractivity contribution < 1.29 is 36.2 Å². The van der Waals surface area contributed by atoms with E-state index in [9.17, 15) is 19.2 Å². The van der Waals surface area contributed by atoms with Crippen LogP contribution in [0.2, 0.25) is 0 Å². The van der Waals surface area contributed by atoms with E-state index in [0.717, 1.165) is 6.08 Å². The topological polar surface area (TPSA) is 68.3 Å². The first kappa shape index (κ1) is 17.2.